The summed E-state index contributed by atoms with van der Waals surface area (Å²) in [4.78, 5) is 41.0. The Hall–Kier alpha value is -2.21. The van der Waals surface area contributed by atoms with Crippen molar-refractivity contribution >= 4 is 17.6 Å². The van der Waals surface area contributed by atoms with Gasteiger partial charge in [0.15, 0.2) is 5.78 Å². The third kappa shape index (κ3) is 4.47. The van der Waals surface area contributed by atoms with Gasteiger partial charge >= 0.3 is 0 Å². The molecule has 4 fully saturated rings. The number of carbonyl (C=O) groups excluding carboxylic acids is 3. The highest BCUT2D eigenvalue weighted by atomic mass is 16.5. The van der Waals surface area contributed by atoms with E-state index in [0.717, 1.165) is 32.1 Å². The summed E-state index contributed by atoms with van der Waals surface area (Å²) in [6.07, 6.45) is 10.5. The van der Waals surface area contributed by atoms with Crippen molar-refractivity contribution in [3.05, 3.63) is 35.4 Å². The lowest BCUT2D eigenvalue weighted by Gasteiger charge is -2.29. The van der Waals surface area contributed by atoms with E-state index < -0.39 is 17.9 Å². The van der Waals surface area contributed by atoms with Crippen molar-refractivity contribution in [1.29, 1.82) is 0 Å². The third-order valence-corrected chi connectivity index (χ3v) is 8.29. The van der Waals surface area contributed by atoms with Crippen LogP contribution >= 0.6 is 0 Å². The topological polar surface area (TPSA) is 86.7 Å². The van der Waals surface area contributed by atoms with Crippen LogP contribution in [0.4, 0.5) is 0 Å². The van der Waals surface area contributed by atoms with Crippen LogP contribution in [0.2, 0.25) is 0 Å². The molecular weight excluding hydrogens is 404 g/mol. The number of benzene rings is 1. The molecule has 1 aromatic carbocycles. The number of hydrogen-bond donors (Lipinski definition) is 2. The molecule has 2 N–H and O–H groups in total. The second kappa shape index (κ2) is 8.62. The lowest BCUT2D eigenvalue weighted by molar-refractivity contribution is -0.141. The van der Waals surface area contributed by atoms with Crippen LogP contribution in [0.25, 0.3) is 0 Å². The first-order valence-corrected chi connectivity index (χ1v) is 12.4. The fourth-order valence-corrected chi connectivity index (χ4v) is 6.01. The highest BCUT2D eigenvalue weighted by Crippen LogP contribution is 2.55. The molecule has 2 amide bonds. The molecule has 32 heavy (non-hydrogen) atoms. The van der Waals surface area contributed by atoms with Crippen LogP contribution in [-0.4, -0.2) is 40.3 Å². The molecular formula is C26H34N2O4. The van der Waals surface area contributed by atoms with E-state index in [1.807, 2.05) is 12.1 Å². The molecule has 1 aromatic rings. The van der Waals surface area contributed by atoms with Gasteiger partial charge in [0.2, 0.25) is 11.8 Å². The maximum absolute atomic E-state index is 13.7. The Morgan fingerprint density at radius 2 is 1.75 bits per heavy atom. The number of ketones is 1. The van der Waals surface area contributed by atoms with E-state index in [4.69, 9.17) is 5.21 Å². The van der Waals surface area contributed by atoms with Crippen LogP contribution in [0.1, 0.15) is 92.5 Å². The monoisotopic (exact) mass is 438 g/mol. The van der Waals surface area contributed by atoms with E-state index in [1.165, 1.54) is 31.2 Å². The standard InChI is InChI=1S/C26H34N2O4/c29-23(27-32)14-21(13-17-3-1-2-4-17)25(31)28-16-26(11-12-26)15-22(28)24(30)20-9-7-19(8-10-20)18-5-6-18/h7-10,17-18,21-22,32H,1-6,11-16H2,(H,27,29)/t21-,22+/m1/s1. The van der Waals surface area contributed by atoms with E-state index in [1.54, 1.807) is 10.4 Å². The van der Waals surface area contributed by atoms with E-state index in [2.05, 4.69) is 12.1 Å². The van der Waals surface area contributed by atoms with Crippen molar-refractivity contribution < 1.29 is 19.6 Å². The molecule has 1 aliphatic heterocycles. The predicted octanol–water partition coefficient (Wildman–Crippen LogP) is 4.22. The zero-order valence-electron chi connectivity index (χ0n) is 18.7. The van der Waals surface area contributed by atoms with Gasteiger partial charge in [-0.1, -0.05) is 49.9 Å². The minimum absolute atomic E-state index is 0.0215. The highest BCUT2D eigenvalue weighted by molar-refractivity contribution is 6.02. The number of nitrogens with one attached hydrogen (secondary N) is 1. The van der Waals surface area contributed by atoms with E-state index in [9.17, 15) is 14.4 Å². The van der Waals surface area contributed by atoms with Gasteiger partial charge < -0.3 is 4.90 Å². The van der Waals surface area contributed by atoms with Crippen molar-refractivity contribution in [2.75, 3.05) is 6.54 Å². The molecule has 3 aliphatic carbocycles. The summed E-state index contributed by atoms with van der Waals surface area (Å²) in [5.74, 6) is 0.0179. The number of rotatable bonds is 8. The van der Waals surface area contributed by atoms with E-state index in [0.29, 0.717) is 30.4 Å². The maximum Gasteiger partial charge on any atom is 0.244 e. The quantitative estimate of drug-likeness (QED) is 0.361. The number of amides is 2. The highest BCUT2D eigenvalue weighted by Gasteiger charge is 2.55. The van der Waals surface area contributed by atoms with Crippen molar-refractivity contribution in [1.82, 2.24) is 10.4 Å². The Morgan fingerprint density at radius 1 is 1.06 bits per heavy atom. The number of nitrogens with zero attached hydrogens (tertiary/aromatic N) is 1. The summed E-state index contributed by atoms with van der Waals surface area (Å²) in [5.41, 5.74) is 3.76. The van der Waals surface area contributed by atoms with Gasteiger partial charge in [0, 0.05) is 24.4 Å². The molecule has 5 rings (SSSR count). The largest absolute Gasteiger partial charge is 0.331 e. The van der Waals surface area contributed by atoms with Crippen LogP contribution in [0.5, 0.6) is 0 Å². The van der Waals surface area contributed by atoms with Crippen molar-refractivity contribution in [2.24, 2.45) is 17.3 Å². The van der Waals surface area contributed by atoms with Gasteiger partial charge in [-0.2, -0.15) is 0 Å². The van der Waals surface area contributed by atoms with Crippen molar-refractivity contribution in [3.63, 3.8) is 0 Å². The zero-order valence-corrected chi connectivity index (χ0v) is 18.7. The van der Waals surface area contributed by atoms with E-state index >= 15 is 0 Å². The molecule has 6 nitrogen and oxygen atoms in total. The zero-order chi connectivity index (χ0) is 22.3. The smallest absolute Gasteiger partial charge is 0.244 e. The normalized spacial score (nSPS) is 25.2. The Kier molecular flexibility index (Phi) is 5.82. The summed E-state index contributed by atoms with van der Waals surface area (Å²) in [6, 6.07) is 7.53. The van der Waals surface area contributed by atoms with Gasteiger partial charge in [-0.25, -0.2) is 5.48 Å². The molecule has 1 saturated heterocycles. The van der Waals surface area contributed by atoms with Crippen LogP contribution in [0.3, 0.4) is 0 Å². The summed E-state index contributed by atoms with van der Waals surface area (Å²) in [6.45, 7) is 0.615. The number of carbonyl (C=O) groups is 3. The Balaban J connectivity index is 1.35. The second-order valence-corrected chi connectivity index (χ2v) is 10.8. The molecule has 2 atom stereocenters. The molecule has 4 aliphatic rings. The average molecular weight is 439 g/mol. The number of hydroxylamine groups is 1. The molecule has 3 saturated carbocycles. The lowest BCUT2D eigenvalue weighted by Crippen LogP contribution is -2.45. The summed E-state index contributed by atoms with van der Waals surface area (Å²) in [7, 11) is 0. The fourth-order valence-electron chi connectivity index (χ4n) is 6.01. The minimum Gasteiger partial charge on any atom is -0.331 e. The lowest BCUT2D eigenvalue weighted by atomic mass is 9.89. The van der Waals surface area contributed by atoms with Crippen molar-refractivity contribution in [2.45, 2.75) is 82.6 Å². The average Bonchev–Trinajstić information content (AvgIpc) is 3.70. The number of Topliss-reactive ketones (excluding diaryl/α,β-unsaturated/α-hetero) is 1. The first-order chi connectivity index (χ1) is 15.5. The second-order valence-electron chi connectivity index (χ2n) is 10.8. The molecule has 172 valence electrons. The van der Waals surface area contributed by atoms with Crippen molar-refractivity contribution in [3.8, 4) is 0 Å². The molecule has 0 aromatic heterocycles. The molecule has 0 bridgehead atoms. The summed E-state index contributed by atoms with van der Waals surface area (Å²) >= 11 is 0. The van der Waals surface area contributed by atoms with Gasteiger partial charge in [-0.05, 0) is 61.3 Å². The molecule has 0 unspecified atom stereocenters. The van der Waals surface area contributed by atoms with Gasteiger partial charge in [-0.3, -0.25) is 19.6 Å². The van der Waals surface area contributed by atoms with Gasteiger partial charge in [0.25, 0.3) is 0 Å². The van der Waals surface area contributed by atoms with Gasteiger partial charge in [0.05, 0.1) is 6.04 Å². The molecule has 6 heteroatoms. The molecule has 1 heterocycles. The number of hydrogen-bond acceptors (Lipinski definition) is 4. The van der Waals surface area contributed by atoms with Crippen LogP contribution in [-0.2, 0) is 9.59 Å². The van der Waals surface area contributed by atoms with Gasteiger partial charge in [0.1, 0.15) is 0 Å². The molecule has 0 radical (unpaired) electrons. The minimum atomic E-state index is -0.528. The Morgan fingerprint density at radius 3 is 2.34 bits per heavy atom. The Bertz CT molecular complexity index is 882. The predicted molar refractivity (Wildman–Crippen MR) is 119 cm³/mol. The SMILES string of the molecule is O=C(C[C@@H](CC1CCCC1)C(=O)N1CC2(CC2)C[C@H]1C(=O)c1ccc(C2CC2)cc1)NO. The third-order valence-electron chi connectivity index (χ3n) is 8.29. The molecule has 1 spiro atoms. The van der Waals surface area contributed by atoms with Crippen LogP contribution in [0, 0.1) is 17.3 Å². The first kappa shape index (κ1) is 21.6. The van der Waals surface area contributed by atoms with Gasteiger partial charge in [-0.15, -0.1) is 0 Å². The Labute approximate surface area is 189 Å². The van der Waals surface area contributed by atoms with Crippen LogP contribution < -0.4 is 5.48 Å². The number of likely N-dealkylation sites (tertiary alicyclic amines) is 1. The van der Waals surface area contributed by atoms with E-state index in [-0.39, 0.29) is 23.5 Å². The summed E-state index contributed by atoms with van der Waals surface area (Å²) in [5, 5.41) is 9.06. The fraction of sp³-hybridized carbons (Fsp3) is 0.654. The summed E-state index contributed by atoms with van der Waals surface area (Å²) < 4.78 is 0. The first-order valence-electron chi connectivity index (χ1n) is 12.4. The maximum atomic E-state index is 13.7. The van der Waals surface area contributed by atoms with Crippen LogP contribution in [0.15, 0.2) is 24.3 Å².